The first-order valence-electron chi connectivity index (χ1n) is 3.47. The van der Waals surface area contributed by atoms with E-state index >= 15 is 0 Å². The Kier molecular flexibility index (Phi) is 4.87. The van der Waals surface area contributed by atoms with Crippen molar-refractivity contribution >= 4 is 0 Å². The number of rotatable bonds is 4. The SMILES string of the molecule is F/C=C\C(F)CC(F)CC(F)(F)F. The topological polar surface area (TPSA) is 0 Å². The van der Waals surface area contributed by atoms with Gasteiger partial charge in [0.15, 0.2) is 0 Å². The fourth-order valence-corrected chi connectivity index (χ4v) is 0.736. The van der Waals surface area contributed by atoms with Crippen molar-refractivity contribution in [2.45, 2.75) is 31.4 Å². The van der Waals surface area contributed by atoms with Gasteiger partial charge in [-0.3, -0.25) is 0 Å². The zero-order valence-corrected chi connectivity index (χ0v) is 6.49. The molecule has 78 valence electrons. The molecule has 0 spiro atoms. The minimum absolute atomic E-state index is 0.162. The Morgan fingerprint density at radius 1 is 1.15 bits per heavy atom. The van der Waals surface area contributed by atoms with E-state index in [-0.39, 0.29) is 6.33 Å². The van der Waals surface area contributed by atoms with E-state index in [2.05, 4.69) is 0 Å². The van der Waals surface area contributed by atoms with Crippen molar-refractivity contribution < 1.29 is 26.3 Å². The molecule has 0 N–H and O–H groups in total. The minimum atomic E-state index is -4.65. The predicted octanol–water partition coefficient (Wildman–Crippen LogP) is 3.49. The summed E-state index contributed by atoms with van der Waals surface area (Å²) in [4.78, 5) is 0. The molecule has 0 nitrogen and oxygen atoms in total. The molecule has 13 heavy (non-hydrogen) atoms. The average molecular weight is 206 g/mol. The molecule has 0 aromatic carbocycles. The van der Waals surface area contributed by atoms with Crippen LogP contribution in [0.4, 0.5) is 26.3 Å². The van der Waals surface area contributed by atoms with Crippen LogP contribution in [0.5, 0.6) is 0 Å². The number of allylic oxidation sites excluding steroid dienone is 1. The standard InChI is InChI=1S/C7H8F6/c8-2-1-5(9)3-6(10)4-7(11,12)13/h1-2,5-6H,3-4H2/b2-1-. The van der Waals surface area contributed by atoms with Crippen LogP contribution in [0.1, 0.15) is 12.8 Å². The van der Waals surface area contributed by atoms with Gasteiger partial charge in [-0.1, -0.05) is 0 Å². The molecule has 0 amide bonds. The van der Waals surface area contributed by atoms with E-state index in [0.717, 1.165) is 0 Å². The van der Waals surface area contributed by atoms with Crippen LogP contribution in [-0.2, 0) is 0 Å². The molecule has 0 aliphatic carbocycles. The molecule has 0 bridgehead atoms. The molecule has 2 unspecified atom stereocenters. The van der Waals surface area contributed by atoms with E-state index in [1.807, 2.05) is 0 Å². The second-order valence-electron chi connectivity index (χ2n) is 2.49. The maximum atomic E-state index is 12.4. The highest BCUT2D eigenvalue weighted by Gasteiger charge is 2.32. The normalized spacial score (nSPS) is 17.7. The highest BCUT2D eigenvalue weighted by molar-refractivity contribution is 4.84. The smallest absolute Gasteiger partial charge is 0.247 e. The minimum Gasteiger partial charge on any atom is -0.247 e. The van der Waals surface area contributed by atoms with Gasteiger partial charge in [0, 0.05) is 6.42 Å². The summed E-state index contributed by atoms with van der Waals surface area (Å²) in [5, 5.41) is 0. The van der Waals surface area contributed by atoms with Crippen LogP contribution in [0.15, 0.2) is 12.4 Å². The second-order valence-corrected chi connectivity index (χ2v) is 2.49. The highest BCUT2D eigenvalue weighted by Crippen LogP contribution is 2.25. The van der Waals surface area contributed by atoms with Crippen LogP contribution >= 0.6 is 0 Å². The molecule has 0 aromatic heterocycles. The van der Waals surface area contributed by atoms with Crippen molar-refractivity contribution in [1.82, 2.24) is 0 Å². The molecular weight excluding hydrogens is 198 g/mol. The third kappa shape index (κ3) is 7.67. The van der Waals surface area contributed by atoms with Gasteiger partial charge in [-0.2, -0.15) is 13.2 Å². The zero-order valence-electron chi connectivity index (χ0n) is 6.49. The van der Waals surface area contributed by atoms with Crippen LogP contribution in [0.25, 0.3) is 0 Å². The maximum absolute atomic E-state index is 12.4. The molecule has 0 radical (unpaired) electrons. The largest absolute Gasteiger partial charge is 0.391 e. The van der Waals surface area contributed by atoms with Gasteiger partial charge in [0.2, 0.25) is 0 Å². The monoisotopic (exact) mass is 206 g/mol. The van der Waals surface area contributed by atoms with Crippen LogP contribution in [0.2, 0.25) is 0 Å². The summed E-state index contributed by atoms with van der Waals surface area (Å²) >= 11 is 0. The van der Waals surface area contributed by atoms with Gasteiger partial charge in [-0.15, -0.1) is 0 Å². The van der Waals surface area contributed by atoms with Gasteiger partial charge in [-0.25, -0.2) is 13.2 Å². The molecule has 0 saturated heterocycles. The predicted molar refractivity (Wildman–Crippen MR) is 35.3 cm³/mol. The van der Waals surface area contributed by atoms with Gasteiger partial charge < -0.3 is 0 Å². The number of hydrogen-bond acceptors (Lipinski definition) is 0. The fraction of sp³-hybridized carbons (Fsp3) is 0.714. The highest BCUT2D eigenvalue weighted by atomic mass is 19.4. The fourth-order valence-electron chi connectivity index (χ4n) is 0.736. The average Bonchev–Trinajstić information content (AvgIpc) is 1.81. The molecule has 6 heteroatoms. The molecule has 0 heterocycles. The van der Waals surface area contributed by atoms with Crippen LogP contribution < -0.4 is 0 Å². The molecule has 0 saturated carbocycles. The lowest BCUT2D eigenvalue weighted by Crippen LogP contribution is -2.18. The van der Waals surface area contributed by atoms with Crippen LogP contribution in [0.3, 0.4) is 0 Å². The Hall–Kier alpha value is -0.680. The van der Waals surface area contributed by atoms with E-state index in [1.54, 1.807) is 0 Å². The van der Waals surface area contributed by atoms with E-state index in [0.29, 0.717) is 6.08 Å². The van der Waals surface area contributed by atoms with Gasteiger partial charge >= 0.3 is 6.18 Å². The van der Waals surface area contributed by atoms with E-state index < -0.39 is 31.4 Å². The van der Waals surface area contributed by atoms with Crippen molar-refractivity contribution in [3.63, 3.8) is 0 Å². The van der Waals surface area contributed by atoms with Crippen LogP contribution in [-0.4, -0.2) is 18.5 Å². The lowest BCUT2D eigenvalue weighted by molar-refractivity contribution is -0.147. The Bertz CT molecular complexity index is 161. The summed E-state index contributed by atoms with van der Waals surface area (Å²) in [5.74, 6) is 0. The quantitative estimate of drug-likeness (QED) is 0.617. The summed E-state index contributed by atoms with van der Waals surface area (Å²) in [7, 11) is 0. The van der Waals surface area contributed by atoms with E-state index in [4.69, 9.17) is 0 Å². The van der Waals surface area contributed by atoms with Crippen molar-refractivity contribution in [2.24, 2.45) is 0 Å². The number of hydrogen-bond donors (Lipinski definition) is 0. The molecular formula is C7H8F6. The van der Waals surface area contributed by atoms with Crippen LogP contribution in [0, 0.1) is 0 Å². The molecule has 0 fully saturated rings. The Labute approximate surface area is 71.2 Å². The number of halogens is 6. The molecule has 0 aromatic rings. The lowest BCUT2D eigenvalue weighted by Gasteiger charge is -2.11. The van der Waals surface area contributed by atoms with Crippen molar-refractivity contribution in [1.29, 1.82) is 0 Å². The lowest BCUT2D eigenvalue weighted by atomic mass is 10.1. The molecule has 2 atom stereocenters. The van der Waals surface area contributed by atoms with E-state index in [1.165, 1.54) is 0 Å². The summed E-state index contributed by atoms with van der Waals surface area (Å²) < 4.78 is 70.4. The van der Waals surface area contributed by atoms with Gasteiger partial charge in [0.05, 0.1) is 12.8 Å². The van der Waals surface area contributed by atoms with E-state index in [9.17, 15) is 26.3 Å². The van der Waals surface area contributed by atoms with Crippen molar-refractivity contribution in [3.05, 3.63) is 12.4 Å². The summed E-state index contributed by atoms with van der Waals surface area (Å²) in [6.07, 6.45) is -11.5. The summed E-state index contributed by atoms with van der Waals surface area (Å²) in [6, 6.07) is 0. The molecule has 0 rings (SSSR count). The third-order valence-electron chi connectivity index (χ3n) is 1.22. The van der Waals surface area contributed by atoms with Gasteiger partial charge in [-0.05, 0) is 6.08 Å². The van der Waals surface area contributed by atoms with Crippen molar-refractivity contribution in [2.75, 3.05) is 0 Å². The van der Waals surface area contributed by atoms with Gasteiger partial charge in [0.25, 0.3) is 0 Å². The Balaban J connectivity index is 3.80. The maximum Gasteiger partial charge on any atom is 0.391 e. The van der Waals surface area contributed by atoms with Crippen molar-refractivity contribution in [3.8, 4) is 0 Å². The zero-order chi connectivity index (χ0) is 10.5. The van der Waals surface area contributed by atoms with Gasteiger partial charge in [0.1, 0.15) is 12.3 Å². The Morgan fingerprint density at radius 2 is 1.69 bits per heavy atom. The Morgan fingerprint density at radius 3 is 2.08 bits per heavy atom. The molecule has 0 aliphatic heterocycles. The second kappa shape index (κ2) is 5.14. The summed E-state index contributed by atoms with van der Waals surface area (Å²) in [5.41, 5.74) is 0. The third-order valence-corrected chi connectivity index (χ3v) is 1.22. The first kappa shape index (κ1) is 12.3. The summed E-state index contributed by atoms with van der Waals surface area (Å²) in [6.45, 7) is 0. The molecule has 0 aliphatic rings. The first-order valence-corrected chi connectivity index (χ1v) is 3.47. The number of alkyl halides is 5. The first-order chi connectivity index (χ1) is 5.85.